The van der Waals surface area contributed by atoms with Gasteiger partial charge in [-0.3, -0.25) is 9.36 Å². The van der Waals surface area contributed by atoms with Gasteiger partial charge in [0.25, 0.3) is 5.56 Å². The van der Waals surface area contributed by atoms with Gasteiger partial charge in [-0.15, -0.1) is 0 Å². The van der Waals surface area contributed by atoms with Gasteiger partial charge >= 0.3 is 0 Å². The van der Waals surface area contributed by atoms with Gasteiger partial charge in [0, 0.05) is 24.3 Å². The largest absolute Gasteiger partial charge is 0.363 e. The molecular weight excluding hydrogens is 310 g/mol. The highest BCUT2D eigenvalue weighted by atomic mass is 35.5. The van der Waals surface area contributed by atoms with E-state index in [1.807, 2.05) is 36.4 Å². The molecule has 1 aromatic heterocycles. The first-order valence-electron chi connectivity index (χ1n) is 7.62. The number of hydrogen-bond donors (Lipinski definition) is 0. The summed E-state index contributed by atoms with van der Waals surface area (Å²) >= 11 is 6.28. The van der Waals surface area contributed by atoms with Crippen LogP contribution in [0.3, 0.4) is 0 Å². The fraction of sp³-hybridized carbons (Fsp3) is 0.222. The van der Waals surface area contributed by atoms with Crippen LogP contribution in [-0.2, 0) is 20.0 Å². The highest BCUT2D eigenvalue weighted by molar-refractivity contribution is 6.31. The lowest BCUT2D eigenvalue weighted by Crippen LogP contribution is -2.28. The molecule has 23 heavy (non-hydrogen) atoms. The Labute approximate surface area is 138 Å². The van der Waals surface area contributed by atoms with E-state index < -0.39 is 0 Å². The third-order valence-electron chi connectivity index (χ3n) is 4.47. The smallest absolute Gasteiger partial charge is 0.261 e. The van der Waals surface area contributed by atoms with Crippen LogP contribution in [0.4, 0.5) is 5.69 Å². The second kappa shape index (κ2) is 5.39. The summed E-state index contributed by atoms with van der Waals surface area (Å²) in [5.74, 6) is 0.765. The predicted octanol–water partition coefficient (Wildman–Crippen LogP) is 3.15. The van der Waals surface area contributed by atoms with Crippen LogP contribution in [0.15, 0.2) is 47.3 Å². The van der Waals surface area contributed by atoms with Crippen molar-refractivity contribution in [1.82, 2.24) is 9.55 Å². The summed E-state index contributed by atoms with van der Waals surface area (Å²) in [7, 11) is 1.78. The normalized spacial score (nSPS) is 13.6. The molecule has 4 rings (SSSR count). The summed E-state index contributed by atoms with van der Waals surface area (Å²) in [6.07, 6.45) is 0.927. The molecule has 0 fully saturated rings. The fourth-order valence-electron chi connectivity index (χ4n) is 3.20. The molecular formula is C18H16ClN3O. The molecule has 1 aliphatic heterocycles. The maximum atomic E-state index is 12.5. The maximum absolute atomic E-state index is 12.5. The van der Waals surface area contributed by atoms with E-state index >= 15 is 0 Å². The van der Waals surface area contributed by atoms with Crippen LogP contribution >= 0.6 is 11.6 Å². The zero-order valence-electron chi connectivity index (χ0n) is 12.8. The summed E-state index contributed by atoms with van der Waals surface area (Å²) in [5, 5.41) is 1.47. The molecule has 1 aliphatic rings. The zero-order chi connectivity index (χ0) is 16.0. The number of rotatable bonds is 2. The van der Waals surface area contributed by atoms with Crippen LogP contribution in [0.2, 0.25) is 5.02 Å². The van der Waals surface area contributed by atoms with Crippen LogP contribution in [-0.4, -0.2) is 16.1 Å². The van der Waals surface area contributed by atoms with Gasteiger partial charge in [0.2, 0.25) is 0 Å². The average molecular weight is 326 g/mol. The number of nitrogens with zero attached hydrogens (tertiary/aromatic N) is 3. The van der Waals surface area contributed by atoms with Crippen molar-refractivity contribution in [2.45, 2.75) is 13.0 Å². The Balaban J connectivity index is 1.77. The van der Waals surface area contributed by atoms with Gasteiger partial charge in [0.15, 0.2) is 0 Å². The lowest BCUT2D eigenvalue weighted by Gasteiger charge is -2.20. The van der Waals surface area contributed by atoms with Gasteiger partial charge < -0.3 is 4.90 Å². The van der Waals surface area contributed by atoms with Gasteiger partial charge in [-0.1, -0.05) is 29.8 Å². The second-order valence-corrected chi connectivity index (χ2v) is 6.23. The van der Waals surface area contributed by atoms with E-state index in [0.717, 1.165) is 35.0 Å². The molecule has 3 aromatic rings. The maximum Gasteiger partial charge on any atom is 0.261 e. The quantitative estimate of drug-likeness (QED) is 0.726. The number of halogens is 1. The van der Waals surface area contributed by atoms with Crippen molar-refractivity contribution in [2.75, 3.05) is 11.4 Å². The molecule has 5 heteroatoms. The Hall–Kier alpha value is -2.33. The molecule has 0 radical (unpaired) electrons. The molecule has 0 amide bonds. The first-order chi connectivity index (χ1) is 11.1. The van der Waals surface area contributed by atoms with Crippen molar-refractivity contribution in [3.63, 3.8) is 0 Å². The van der Waals surface area contributed by atoms with E-state index in [-0.39, 0.29) is 5.56 Å². The standard InChI is InChI=1S/C18H16ClN3O/c1-21-17(20-15-7-3-2-5-13(15)18(21)23)11-22-10-9-12-14(19)6-4-8-16(12)22/h2-8H,9-11H2,1H3. The third kappa shape index (κ3) is 2.30. The van der Waals surface area contributed by atoms with E-state index in [4.69, 9.17) is 11.6 Å². The minimum Gasteiger partial charge on any atom is -0.363 e. The molecule has 116 valence electrons. The summed E-state index contributed by atoms with van der Waals surface area (Å²) in [6.45, 7) is 1.49. The zero-order valence-corrected chi connectivity index (χ0v) is 13.5. The monoisotopic (exact) mass is 325 g/mol. The number of hydrogen-bond acceptors (Lipinski definition) is 3. The van der Waals surface area contributed by atoms with Crippen LogP contribution < -0.4 is 10.5 Å². The lowest BCUT2D eigenvalue weighted by molar-refractivity contribution is 0.701. The molecule has 0 saturated heterocycles. The van der Waals surface area contributed by atoms with Gasteiger partial charge in [0.1, 0.15) is 5.82 Å². The van der Waals surface area contributed by atoms with Crippen molar-refractivity contribution in [2.24, 2.45) is 7.05 Å². The lowest BCUT2D eigenvalue weighted by atomic mass is 10.2. The Morgan fingerprint density at radius 2 is 2.00 bits per heavy atom. The predicted molar refractivity (Wildman–Crippen MR) is 93.2 cm³/mol. The average Bonchev–Trinajstić information content (AvgIpc) is 2.97. The van der Waals surface area contributed by atoms with Crippen LogP contribution in [0.5, 0.6) is 0 Å². The summed E-state index contributed by atoms with van der Waals surface area (Å²) < 4.78 is 1.64. The van der Waals surface area contributed by atoms with Crippen molar-refractivity contribution >= 4 is 28.2 Å². The number of anilines is 1. The molecule has 0 N–H and O–H groups in total. The first kappa shape index (κ1) is 14.3. The summed E-state index contributed by atoms with van der Waals surface area (Å²) in [4.78, 5) is 19.4. The van der Waals surface area contributed by atoms with E-state index in [2.05, 4.69) is 16.0 Å². The molecule has 0 saturated carbocycles. The van der Waals surface area contributed by atoms with Gasteiger partial charge in [-0.25, -0.2) is 4.98 Å². The highest BCUT2D eigenvalue weighted by Crippen LogP contribution is 2.33. The van der Waals surface area contributed by atoms with Crippen molar-refractivity contribution in [3.8, 4) is 0 Å². The van der Waals surface area contributed by atoms with Crippen LogP contribution in [0.1, 0.15) is 11.4 Å². The number of para-hydroxylation sites is 1. The van der Waals surface area contributed by atoms with Crippen molar-refractivity contribution in [1.29, 1.82) is 0 Å². The summed E-state index contributed by atoms with van der Waals surface area (Å²) in [6, 6.07) is 13.4. The molecule has 0 atom stereocenters. The topological polar surface area (TPSA) is 38.1 Å². The second-order valence-electron chi connectivity index (χ2n) is 5.82. The van der Waals surface area contributed by atoms with Crippen molar-refractivity contribution in [3.05, 3.63) is 69.2 Å². The summed E-state index contributed by atoms with van der Waals surface area (Å²) in [5.41, 5.74) is 3.06. The third-order valence-corrected chi connectivity index (χ3v) is 4.83. The molecule has 4 nitrogen and oxygen atoms in total. The number of aromatic nitrogens is 2. The molecule has 2 aromatic carbocycles. The van der Waals surface area contributed by atoms with Gasteiger partial charge in [-0.2, -0.15) is 0 Å². The van der Waals surface area contributed by atoms with Crippen molar-refractivity contribution < 1.29 is 0 Å². The number of benzene rings is 2. The Morgan fingerprint density at radius 1 is 1.17 bits per heavy atom. The molecule has 2 heterocycles. The van der Waals surface area contributed by atoms with E-state index in [9.17, 15) is 4.79 Å². The molecule has 0 aliphatic carbocycles. The van der Waals surface area contributed by atoms with Crippen LogP contribution in [0.25, 0.3) is 10.9 Å². The molecule has 0 bridgehead atoms. The molecule has 0 spiro atoms. The Bertz CT molecular complexity index is 964. The fourth-order valence-corrected chi connectivity index (χ4v) is 3.46. The van der Waals surface area contributed by atoms with Crippen LogP contribution in [0, 0.1) is 0 Å². The first-order valence-corrected chi connectivity index (χ1v) is 8.00. The van der Waals surface area contributed by atoms with Gasteiger partial charge in [-0.05, 0) is 36.2 Å². The Kier molecular flexibility index (Phi) is 3.34. The highest BCUT2D eigenvalue weighted by Gasteiger charge is 2.22. The SMILES string of the molecule is Cn1c(CN2CCc3c(Cl)cccc32)nc2ccccc2c1=O. The number of fused-ring (bicyclic) bond motifs is 2. The molecule has 0 unspecified atom stereocenters. The minimum atomic E-state index is -0.00360. The van der Waals surface area contributed by atoms with E-state index in [1.54, 1.807) is 11.6 Å². The van der Waals surface area contributed by atoms with E-state index in [1.165, 1.54) is 5.56 Å². The minimum absolute atomic E-state index is 0.00360. The van der Waals surface area contributed by atoms with Gasteiger partial charge in [0.05, 0.1) is 17.4 Å². The Morgan fingerprint density at radius 3 is 2.87 bits per heavy atom. The van der Waals surface area contributed by atoms with E-state index in [0.29, 0.717) is 11.9 Å².